The molecule has 0 bridgehead atoms. The summed E-state index contributed by atoms with van der Waals surface area (Å²) in [6.07, 6.45) is 6.85. The molecule has 0 aliphatic heterocycles. The molecule has 0 saturated carbocycles. The Kier molecular flexibility index (Phi) is 5.33. The number of hydrogen-bond acceptors (Lipinski definition) is 5. The van der Waals surface area contributed by atoms with Crippen molar-refractivity contribution >= 4 is 53.3 Å². The van der Waals surface area contributed by atoms with Crippen LogP contribution in [0, 0.1) is 12.5 Å². The maximum atomic E-state index is 5.84. The van der Waals surface area contributed by atoms with Crippen LogP contribution in [0.2, 0.25) is 15.2 Å². The zero-order chi connectivity index (χ0) is 13.1. The number of terminal acetylenes is 1. The number of pyridine rings is 1. The van der Waals surface area contributed by atoms with E-state index in [1.807, 2.05) is 6.11 Å². The molecule has 1 rings (SSSR count). The van der Waals surface area contributed by atoms with Crippen molar-refractivity contribution in [2.24, 2.45) is 0 Å². The van der Waals surface area contributed by atoms with Crippen molar-refractivity contribution in [3.8, 4) is 18.4 Å². The van der Waals surface area contributed by atoms with E-state index < -0.39 is 6.72 Å². The summed E-state index contributed by atoms with van der Waals surface area (Å²) in [5.74, 6) is -0.0542. The molecule has 0 amide bonds. The third kappa shape index (κ3) is 3.89. The summed E-state index contributed by atoms with van der Waals surface area (Å²) < 4.78 is 14.8. The molecule has 0 N–H and O–H groups in total. The smallest absolute Gasteiger partial charge is 0.395 e. The Balaban J connectivity index is 3.07. The summed E-state index contributed by atoms with van der Waals surface area (Å²) in [6.45, 7) is -3.14. The molecule has 1 unspecified atom stereocenters. The number of rotatable bonds is 4. The van der Waals surface area contributed by atoms with Crippen LogP contribution in [0.3, 0.4) is 0 Å². The van der Waals surface area contributed by atoms with Gasteiger partial charge in [-0.25, -0.2) is 0 Å². The highest BCUT2D eigenvalue weighted by atomic mass is 35.5. The van der Waals surface area contributed by atoms with Gasteiger partial charge in [0.1, 0.15) is 11.1 Å². The zero-order valence-electron chi connectivity index (χ0n) is 8.32. The Morgan fingerprint density at radius 1 is 1.41 bits per heavy atom. The first kappa shape index (κ1) is 14.8. The molecular weight excluding hydrogens is 327 g/mol. The topological polar surface area (TPSA) is 40.6 Å². The fourth-order valence-corrected chi connectivity index (χ4v) is 2.35. The van der Waals surface area contributed by atoms with Crippen LogP contribution in [-0.2, 0) is 20.9 Å². The van der Waals surface area contributed by atoms with E-state index in [1.54, 1.807) is 0 Å². The average Bonchev–Trinajstić information content (AvgIpc) is 2.26. The van der Waals surface area contributed by atoms with E-state index in [2.05, 4.69) is 4.98 Å². The van der Waals surface area contributed by atoms with Crippen molar-refractivity contribution in [2.45, 2.75) is 0 Å². The molecule has 0 fully saturated rings. The van der Waals surface area contributed by atoms with Gasteiger partial charge in [-0.3, -0.25) is 4.52 Å². The highest BCUT2D eigenvalue weighted by Crippen LogP contribution is 2.50. The lowest BCUT2D eigenvalue weighted by Gasteiger charge is -2.17. The van der Waals surface area contributed by atoms with Crippen LogP contribution in [0.4, 0.5) is 0 Å². The normalized spacial score (nSPS) is 13.6. The molecule has 1 atom stereocenters. The standard InChI is InChI=1S/C8H5Cl3NO3PS/c1-3-14-16(17,13-2)15-8-6(10)4-5(9)7(11)12-8/h1,4H,2H3. The molecule has 0 aromatic carbocycles. The Morgan fingerprint density at radius 2 is 2.06 bits per heavy atom. The maximum absolute atomic E-state index is 5.84. The first-order chi connectivity index (χ1) is 7.91. The van der Waals surface area contributed by atoms with Crippen LogP contribution in [-0.4, -0.2) is 12.1 Å². The molecule has 17 heavy (non-hydrogen) atoms. The average molecular weight is 333 g/mol. The molecule has 0 radical (unpaired) electrons. The minimum absolute atomic E-state index is 0.0180. The van der Waals surface area contributed by atoms with Gasteiger partial charge >= 0.3 is 6.72 Å². The van der Waals surface area contributed by atoms with Crippen LogP contribution >= 0.6 is 41.5 Å². The van der Waals surface area contributed by atoms with Gasteiger partial charge in [-0.2, -0.15) is 4.98 Å². The predicted molar refractivity (Wildman–Crippen MR) is 71.1 cm³/mol. The number of halogens is 3. The Morgan fingerprint density at radius 3 is 2.59 bits per heavy atom. The van der Waals surface area contributed by atoms with Crippen molar-refractivity contribution in [1.29, 1.82) is 0 Å². The molecule has 0 aliphatic rings. The third-order valence-corrected chi connectivity index (χ3v) is 4.45. The first-order valence-electron chi connectivity index (χ1n) is 3.93. The fraction of sp³-hybridized carbons (Fsp3) is 0.125. The summed E-state index contributed by atoms with van der Waals surface area (Å²) in [7, 11) is 1.30. The highest BCUT2D eigenvalue weighted by Gasteiger charge is 2.24. The van der Waals surface area contributed by atoms with Gasteiger partial charge in [0.25, 0.3) is 0 Å². The van der Waals surface area contributed by atoms with E-state index >= 15 is 0 Å². The second-order valence-electron chi connectivity index (χ2n) is 2.48. The van der Waals surface area contributed by atoms with Gasteiger partial charge in [-0.15, -0.1) is 0 Å². The lowest BCUT2D eigenvalue weighted by molar-refractivity contribution is 0.303. The summed E-state index contributed by atoms with van der Waals surface area (Å²) >= 11 is 22.2. The van der Waals surface area contributed by atoms with Crippen LogP contribution in [0.1, 0.15) is 0 Å². The largest absolute Gasteiger partial charge is 0.444 e. The Hall–Kier alpha value is -0.210. The van der Waals surface area contributed by atoms with E-state index in [4.69, 9.17) is 66.6 Å². The molecule has 1 aromatic rings. The van der Waals surface area contributed by atoms with Crippen molar-refractivity contribution < 1.29 is 13.6 Å². The number of nitrogens with zero attached hydrogens (tertiary/aromatic N) is 1. The predicted octanol–water partition coefficient (Wildman–Crippen LogP) is 3.90. The van der Waals surface area contributed by atoms with E-state index in [-0.39, 0.29) is 21.1 Å². The molecule has 1 heterocycles. The van der Waals surface area contributed by atoms with Gasteiger partial charge in [0.2, 0.25) is 5.88 Å². The van der Waals surface area contributed by atoms with Gasteiger partial charge in [-0.1, -0.05) is 41.2 Å². The van der Waals surface area contributed by atoms with Crippen molar-refractivity contribution in [3.63, 3.8) is 0 Å². The van der Waals surface area contributed by atoms with E-state index in [0.717, 1.165) is 0 Å². The van der Waals surface area contributed by atoms with Crippen molar-refractivity contribution in [1.82, 2.24) is 4.98 Å². The molecule has 92 valence electrons. The van der Waals surface area contributed by atoms with E-state index in [0.29, 0.717) is 0 Å². The maximum Gasteiger partial charge on any atom is 0.444 e. The Labute approximate surface area is 118 Å². The fourth-order valence-electron chi connectivity index (χ4n) is 0.756. The zero-order valence-corrected chi connectivity index (χ0v) is 12.3. The van der Waals surface area contributed by atoms with Gasteiger partial charge in [0, 0.05) is 18.9 Å². The second kappa shape index (κ2) is 6.10. The summed E-state index contributed by atoms with van der Waals surface area (Å²) in [5.41, 5.74) is 0. The molecule has 9 heteroatoms. The van der Waals surface area contributed by atoms with Crippen LogP contribution < -0.4 is 4.52 Å². The van der Waals surface area contributed by atoms with Crippen LogP contribution in [0.5, 0.6) is 5.88 Å². The molecule has 0 aliphatic carbocycles. The lowest BCUT2D eigenvalue weighted by Crippen LogP contribution is -1.99. The third-order valence-electron chi connectivity index (χ3n) is 1.44. The summed E-state index contributed by atoms with van der Waals surface area (Å²) in [5, 5.41) is 0.323. The quantitative estimate of drug-likeness (QED) is 0.475. The summed E-state index contributed by atoms with van der Waals surface area (Å²) in [6, 6.07) is 1.36. The molecule has 0 saturated heterocycles. The molecular formula is C8H5Cl3NO3PS. The first-order valence-corrected chi connectivity index (χ1v) is 7.62. The SMILES string of the molecule is C#COP(=S)(OC)Oc1nc(Cl)c(Cl)cc1Cl. The molecule has 0 spiro atoms. The van der Waals surface area contributed by atoms with Crippen LogP contribution in [0.25, 0.3) is 0 Å². The number of hydrogen-bond donors (Lipinski definition) is 0. The van der Waals surface area contributed by atoms with Gasteiger partial charge in [0.05, 0.1) is 5.02 Å². The van der Waals surface area contributed by atoms with Gasteiger partial charge < -0.3 is 9.05 Å². The van der Waals surface area contributed by atoms with Gasteiger partial charge in [-0.05, 0) is 6.07 Å². The van der Waals surface area contributed by atoms with E-state index in [1.165, 1.54) is 13.2 Å². The summed E-state index contributed by atoms with van der Waals surface area (Å²) in [4.78, 5) is 3.80. The van der Waals surface area contributed by atoms with Crippen molar-refractivity contribution in [3.05, 3.63) is 21.3 Å². The minimum Gasteiger partial charge on any atom is -0.395 e. The molecule has 1 aromatic heterocycles. The molecule has 4 nitrogen and oxygen atoms in total. The minimum atomic E-state index is -3.14. The Bertz CT molecular complexity index is 519. The lowest BCUT2D eigenvalue weighted by atomic mass is 10.5. The van der Waals surface area contributed by atoms with Gasteiger partial charge in [0.15, 0.2) is 5.15 Å². The van der Waals surface area contributed by atoms with Crippen LogP contribution in [0.15, 0.2) is 6.07 Å². The second-order valence-corrected chi connectivity index (χ2v) is 6.62. The van der Waals surface area contributed by atoms with E-state index in [9.17, 15) is 0 Å². The van der Waals surface area contributed by atoms with Crippen molar-refractivity contribution in [2.75, 3.05) is 7.11 Å². The number of aromatic nitrogens is 1. The monoisotopic (exact) mass is 331 g/mol. The highest BCUT2D eigenvalue weighted by molar-refractivity contribution is 8.07.